The first kappa shape index (κ1) is 14.8. The third kappa shape index (κ3) is 4.18. The minimum absolute atomic E-state index is 0.0236. The van der Waals surface area contributed by atoms with Crippen LogP contribution < -0.4 is 0 Å². The van der Waals surface area contributed by atoms with E-state index in [-0.39, 0.29) is 5.92 Å². The number of hydrogen-bond acceptors (Lipinski definition) is 3. The van der Waals surface area contributed by atoms with E-state index in [1.165, 1.54) is 0 Å². The Kier molecular flexibility index (Phi) is 5.41. The highest BCUT2D eigenvalue weighted by atomic mass is 16.7. The van der Waals surface area contributed by atoms with Crippen LogP contribution in [-0.4, -0.2) is 30.1 Å². The van der Waals surface area contributed by atoms with Gasteiger partial charge in [0.25, 0.3) is 0 Å². The van der Waals surface area contributed by atoms with Crippen molar-refractivity contribution in [2.24, 2.45) is 5.92 Å². The maximum absolute atomic E-state index is 10.8. The number of allylic oxidation sites excluding steroid dienone is 2. The molecule has 4 heteroatoms. The molecular weight excluding hydrogens is 232 g/mol. The van der Waals surface area contributed by atoms with Crippen molar-refractivity contribution in [3.63, 3.8) is 0 Å². The van der Waals surface area contributed by atoms with Gasteiger partial charge in [-0.3, -0.25) is 0 Å². The molecule has 0 spiro atoms. The zero-order valence-electron chi connectivity index (χ0n) is 11.3. The summed E-state index contributed by atoms with van der Waals surface area (Å²) in [4.78, 5) is 10.8. The van der Waals surface area contributed by atoms with E-state index in [4.69, 9.17) is 14.6 Å². The van der Waals surface area contributed by atoms with Gasteiger partial charge in [0.2, 0.25) is 0 Å². The molecule has 0 heterocycles. The summed E-state index contributed by atoms with van der Waals surface area (Å²) >= 11 is 0. The van der Waals surface area contributed by atoms with Crippen LogP contribution in [0.4, 0.5) is 4.79 Å². The molecule has 1 aliphatic carbocycles. The molecule has 0 aromatic rings. The molecule has 102 valence electrons. The Morgan fingerprint density at radius 1 is 1.50 bits per heavy atom. The van der Waals surface area contributed by atoms with Crippen molar-refractivity contribution in [1.29, 1.82) is 0 Å². The second kappa shape index (κ2) is 6.59. The lowest BCUT2D eigenvalue weighted by Gasteiger charge is -2.34. The lowest BCUT2D eigenvalue weighted by molar-refractivity contribution is -0.0117. The predicted octanol–water partition coefficient (Wildman–Crippen LogP) is 3.39. The smallest absolute Gasteiger partial charge is 0.450 e. The Hall–Kier alpha value is -1.29. The molecule has 0 aromatic carbocycles. The van der Waals surface area contributed by atoms with E-state index in [0.717, 1.165) is 25.0 Å². The standard InChI is InChI=1S/C14H22O4/c1-4-8-17-9-6-12-10-11(2)5-7-14(12,3)18-13(15)16/h5,7,10,12H,4,6,8-9H2,1-3H3,(H,15,16). The molecule has 1 rings (SSSR count). The molecule has 0 saturated heterocycles. The van der Waals surface area contributed by atoms with Crippen molar-refractivity contribution < 1.29 is 19.4 Å². The van der Waals surface area contributed by atoms with Crippen LogP contribution in [-0.2, 0) is 9.47 Å². The number of hydrogen-bond donors (Lipinski definition) is 1. The number of carbonyl (C=O) groups is 1. The van der Waals surface area contributed by atoms with Crippen LogP contribution in [0.3, 0.4) is 0 Å². The molecule has 18 heavy (non-hydrogen) atoms. The Morgan fingerprint density at radius 3 is 2.83 bits per heavy atom. The van der Waals surface area contributed by atoms with Gasteiger partial charge in [-0.2, -0.15) is 0 Å². The Balaban J connectivity index is 2.63. The molecule has 0 amide bonds. The van der Waals surface area contributed by atoms with Gasteiger partial charge in [0.05, 0.1) is 0 Å². The highest BCUT2D eigenvalue weighted by Crippen LogP contribution is 2.33. The van der Waals surface area contributed by atoms with Crippen LogP contribution in [0.25, 0.3) is 0 Å². The summed E-state index contributed by atoms with van der Waals surface area (Å²) in [7, 11) is 0. The van der Waals surface area contributed by atoms with Gasteiger partial charge in [-0.05, 0) is 32.8 Å². The zero-order valence-corrected chi connectivity index (χ0v) is 11.3. The molecule has 4 nitrogen and oxygen atoms in total. The quantitative estimate of drug-likeness (QED) is 0.583. The maximum Gasteiger partial charge on any atom is 0.506 e. The van der Waals surface area contributed by atoms with Gasteiger partial charge in [0.1, 0.15) is 5.60 Å². The molecule has 0 radical (unpaired) electrons. The van der Waals surface area contributed by atoms with Gasteiger partial charge in [-0.25, -0.2) is 4.79 Å². The molecule has 2 unspecified atom stereocenters. The summed E-state index contributed by atoms with van der Waals surface area (Å²) in [6.07, 6.45) is 6.27. The average molecular weight is 254 g/mol. The second-order valence-electron chi connectivity index (χ2n) is 4.80. The normalized spacial score (nSPS) is 26.8. The fourth-order valence-corrected chi connectivity index (χ4v) is 2.08. The molecular formula is C14H22O4. The third-order valence-electron chi connectivity index (χ3n) is 3.11. The highest BCUT2D eigenvalue weighted by molar-refractivity contribution is 5.58. The third-order valence-corrected chi connectivity index (χ3v) is 3.11. The molecule has 0 aliphatic heterocycles. The van der Waals surface area contributed by atoms with Crippen molar-refractivity contribution in [3.05, 3.63) is 23.8 Å². The number of carboxylic acid groups (broad SMARTS) is 1. The summed E-state index contributed by atoms with van der Waals surface area (Å²) < 4.78 is 10.5. The first-order valence-corrected chi connectivity index (χ1v) is 6.35. The van der Waals surface area contributed by atoms with Crippen LogP contribution in [0.5, 0.6) is 0 Å². The van der Waals surface area contributed by atoms with Crippen molar-refractivity contribution >= 4 is 6.16 Å². The summed E-state index contributed by atoms with van der Waals surface area (Å²) in [6, 6.07) is 0. The van der Waals surface area contributed by atoms with E-state index in [2.05, 4.69) is 13.0 Å². The van der Waals surface area contributed by atoms with Gasteiger partial charge >= 0.3 is 6.16 Å². The average Bonchev–Trinajstić information content (AvgIpc) is 2.28. The second-order valence-corrected chi connectivity index (χ2v) is 4.80. The van der Waals surface area contributed by atoms with Gasteiger partial charge in [-0.1, -0.05) is 24.6 Å². The first-order valence-electron chi connectivity index (χ1n) is 6.35. The van der Waals surface area contributed by atoms with Crippen LogP contribution in [0, 0.1) is 5.92 Å². The van der Waals surface area contributed by atoms with Gasteiger partial charge in [-0.15, -0.1) is 0 Å². The van der Waals surface area contributed by atoms with E-state index in [1.807, 2.05) is 19.1 Å². The maximum atomic E-state index is 10.8. The Bertz CT molecular complexity index is 346. The molecule has 0 bridgehead atoms. The monoisotopic (exact) mass is 254 g/mol. The van der Waals surface area contributed by atoms with E-state index < -0.39 is 11.8 Å². The van der Waals surface area contributed by atoms with Gasteiger partial charge in [0.15, 0.2) is 0 Å². The van der Waals surface area contributed by atoms with Crippen molar-refractivity contribution in [3.8, 4) is 0 Å². The molecule has 0 aromatic heterocycles. The molecule has 1 aliphatic rings. The van der Waals surface area contributed by atoms with Crippen LogP contribution in [0.15, 0.2) is 23.8 Å². The fourth-order valence-electron chi connectivity index (χ4n) is 2.08. The van der Waals surface area contributed by atoms with Crippen LogP contribution in [0.2, 0.25) is 0 Å². The van der Waals surface area contributed by atoms with Crippen molar-refractivity contribution in [2.75, 3.05) is 13.2 Å². The van der Waals surface area contributed by atoms with E-state index in [9.17, 15) is 4.79 Å². The van der Waals surface area contributed by atoms with E-state index in [0.29, 0.717) is 6.61 Å². The largest absolute Gasteiger partial charge is 0.506 e. The van der Waals surface area contributed by atoms with E-state index >= 15 is 0 Å². The number of ether oxygens (including phenoxy) is 2. The lowest BCUT2D eigenvalue weighted by Crippen LogP contribution is -2.38. The van der Waals surface area contributed by atoms with Crippen molar-refractivity contribution in [1.82, 2.24) is 0 Å². The highest BCUT2D eigenvalue weighted by Gasteiger charge is 2.36. The van der Waals surface area contributed by atoms with E-state index in [1.54, 1.807) is 6.92 Å². The summed E-state index contributed by atoms with van der Waals surface area (Å²) in [5.74, 6) is 0.0236. The molecule has 0 fully saturated rings. The summed E-state index contributed by atoms with van der Waals surface area (Å²) in [5.41, 5.74) is 0.336. The van der Waals surface area contributed by atoms with Gasteiger partial charge in [0, 0.05) is 19.1 Å². The van der Waals surface area contributed by atoms with Crippen LogP contribution in [0.1, 0.15) is 33.6 Å². The number of rotatable bonds is 6. The molecule has 1 N–H and O–H groups in total. The van der Waals surface area contributed by atoms with Gasteiger partial charge < -0.3 is 14.6 Å². The van der Waals surface area contributed by atoms with Crippen LogP contribution >= 0.6 is 0 Å². The predicted molar refractivity (Wildman–Crippen MR) is 69.6 cm³/mol. The molecule has 0 saturated carbocycles. The lowest BCUT2D eigenvalue weighted by atomic mass is 9.81. The summed E-state index contributed by atoms with van der Waals surface area (Å²) in [5, 5.41) is 8.82. The minimum Gasteiger partial charge on any atom is -0.450 e. The Morgan fingerprint density at radius 2 is 2.22 bits per heavy atom. The summed E-state index contributed by atoms with van der Waals surface area (Å²) in [6.45, 7) is 7.21. The molecule has 2 atom stereocenters. The fraction of sp³-hybridized carbons (Fsp3) is 0.643. The topological polar surface area (TPSA) is 55.8 Å². The minimum atomic E-state index is -1.24. The Labute approximate surface area is 108 Å². The first-order chi connectivity index (χ1) is 8.48. The zero-order chi connectivity index (χ0) is 13.6. The van der Waals surface area contributed by atoms with Crippen molar-refractivity contribution in [2.45, 2.75) is 39.2 Å². The SMILES string of the molecule is CCCOCCC1C=C(C)C=CC1(C)OC(=O)O.